The second kappa shape index (κ2) is 7.22. The first-order chi connectivity index (χ1) is 9.86. The highest BCUT2D eigenvalue weighted by Crippen LogP contribution is 2.22. The van der Waals surface area contributed by atoms with Gasteiger partial charge in [0, 0.05) is 24.4 Å². The molecule has 1 aromatic rings. The smallest absolute Gasteiger partial charge is 0.308 e. The fourth-order valence-corrected chi connectivity index (χ4v) is 1.90. The molecule has 0 saturated heterocycles. The van der Waals surface area contributed by atoms with Crippen LogP contribution < -0.4 is 11.1 Å². The van der Waals surface area contributed by atoms with Gasteiger partial charge in [0.05, 0.1) is 16.4 Å². The van der Waals surface area contributed by atoms with E-state index in [9.17, 15) is 19.7 Å². The van der Waals surface area contributed by atoms with E-state index in [1.54, 1.807) is 0 Å². The number of nitrogens with zero attached hydrogens (tertiary/aromatic N) is 1. The van der Waals surface area contributed by atoms with Crippen molar-refractivity contribution >= 4 is 23.3 Å². The summed E-state index contributed by atoms with van der Waals surface area (Å²) in [5.74, 6) is -2.36. The van der Waals surface area contributed by atoms with E-state index in [-0.39, 0.29) is 23.5 Å². The standard InChI is InChI=1S/C13H17N3O5/c1-2-3-8(13(18)19)7-15-11-5-4-9(16(20)21)6-10(11)12(14)17/h4-6,8,15H,2-3,7H2,1H3,(H2,14,17)(H,18,19). The molecule has 8 nitrogen and oxygen atoms in total. The zero-order valence-electron chi connectivity index (χ0n) is 11.5. The average Bonchev–Trinajstić information content (AvgIpc) is 2.42. The number of carbonyl (C=O) groups excluding carboxylic acids is 1. The van der Waals surface area contributed by atoms with Gasteiger partial charge in [-0.2, -0.15) is 0 Å². The van der Waals surface area contributed by atoms with Crippen LogP contribution in [0.5, 0.6) is 0 Å². The Morgan fingerprint density at radius 1 is 1.48 bits per heavy atom. The highest BCUT2D eigenvalue weighted by molar-refractivity contribution is 5.99. The Morgan fingerprint density at radius 3 is 2.62 bits per heavy atom. The second-order valence-corrected chi connectivity index (χ2v) is 4.56. The van der Waals surface area contributed by atoms with Crippen LogP contribution in [-0.4, -0.2) is 28.5 Å². The molecule has 0 aliphatic heterocycles. The number of nitrogens with one attached hydrogen (secondary N) is 1. The third-order valence-corrected chi connectivity index (χ3v) is 3.00. The molecule has 1 amide bonds. The maximum absolute atomic E-state index is 11.3. The predicted molar refractivity (Wildman–Crippen MR) is 76.1 cm³/mol. The fourth-order valence-electron chi connectivity index (χ4n) is 1.90. The number of amides is 1. The van der Waals surface area contributed by atoms with Crippen molar-refractivity contribution in [2.24, 2.45) is 11.7 Å². The number of carboxylic acid groups (broad SMARTS) is 1. The van der Waals surface area contributed by atoms with E-state index in [1.165, 1.54) is 12.1 Å². The molecule has 0 aliphatic rings. The van der Waals surface area contributed by atoms with Gasteiger partial charge in [0.15, 0.2) is 0 Å². The summed E-state index contributed by atoms with van der Waals surface area (Å²) < 4.78 is 0. The second-order valence-electron chi connectivity index (χ2n) is 4.56. The topological polar surface area (TPSA) is 136 Å². The number of aliphatic carboxylic acids is 1. The van der Waals surface area contributed by atoms with Gasteiger partial charge in [-0.15, -0.1) is 0 Å². The van der Waals surface area contributed by atoms with E-state index in [1.807, 2.05) is 6.92 Å². The Morgan fingerprint density at radius 2 is 2.14 bits per heavy atom. The number of hydrogen-bond donors (Lipinski definition) is 3. The lowest BCUT2D eigenvalue weighted by atomic mass is 10.0. The van der Waals surface area contributed by atoms with Crippen molar-refractivity contribution in [3.8, 4) is 0 Å². The number of benzene rings is 1. The lowest BCUT2D eigenvalue weighted by Crippen LogP contribution is -2.24. The third-order valence-electron chi connectivity index (χ3n) is 3.00. The summed E-state index contributed by atoms with van der Waals surface area (Å²) in [6, 6.07) is 3.65. The number of non-ortho nitro benzene ring substituents is 1. The van der Waals surface area contributed by atoms with Crippen molar-refractivity contribution in [1.82, 2.24) is 0 Å². The molecule has 0 saturated carbocycles. The lowest BCUT2D eigenvalue weighted by molar-refractivity contribution is -0.384. The van der Waals surface area contributed by atoms with Gasteiger partial charge < -0.3 is 16.2 Å². The molecular weight excluding hydrogens is 278 g/mol. The Kier molecular flexibility index (Phi) is 5.65. The molecule has 1 aromatic carbocycles. The van der Waals surface area contributed by atoms with Gasteiger partial charge in [0.1, 0.15) is 0 Å². The van der Waals surface area contributed by atoms with Gasteiger partial charge in [-0.05, 0) is 12.5 Å². The number of nitro benzene ring substituents is 1. The van der Waals surface area contributed by atoms with E-state index in [2.05, 4.69) is 5.32 Å². The number of carboxylic acids is 1. The number of carbonyl (C=O) groups is 2. The largest absolute Gasteiger partial charge is 0.481 e. The van der Waals surface area contributed by atoms with Crippen molar-refractivity contribution in [3.63, 3.8) is 0 Å². The van der Waals surface area contributed by atoms with Crippen molar-refractivity contribution in [2.75, 3.05) is 11.9 Å². The molecule has 0 spiro atoms. The van der Waals surface area contributed by atoms with E-state index in [4.69, 9.17) is 10.8 Å². The lowest BCUT2D eigenvalue weighted by Gasteiger charge is -2.15. The maximum atomic E-state index is 11.3. The zero-order valence-corrected chi connectivity index (χ0v) is 11.5. The molecular formula is C13H17N3O5. The maximum Gasteiger partial charge on any atom is 0.308 e. The number of nitrogens with two attached hydrogens (primary N) is 1. The fraction of sp³-hybridized carbons (Fsp3) is 0.385. The number of nitro groups is 1. The Hall–Kier alpha value is -2.64. The molecule has 1 rings (SSSR count). The average molecular weight is 295 g/mol. The summed E-state index contributed by atoms with van der Waals surface area (Å²) >= 11 is 0. The minimum atomic E-state index is -0.938. The van der Waals surface area contributed by atoms with Crippen LogP contribution in [0.15, 0.2) is 18.2 Å². The SMILES string of the molecule is CCCC(CNc1ccc([N+](=O)[O-])cc1C(N)=O)C(=O)O. The van der Waals surface area contributed by atoms with Gasteiger partial charge in [-0.25, -0.2) is 0 Å². The quantitative estimate of drug-likeness (QED) is 0.492. The Bertz CT molecular complexity index is 559. The van der Waals surface area contributed by atoms with Gasteiger partial charge in [0.2, 0.25) is 0 Å². The van der Waals surface area contributed by atoms with Crippen molar-refractivity contribution in [3.05, 3.63) is 33.9 Å². The molecule has 114 valence electrons. The van der Waals surface area contributed by atoms with E-state index < -0.39 is 22.7 Å². The molecule has 8 heteroatoms. The normalized spacial score (nSPS) is 11.7. The minimum absolute atomic E-state index is 0.0372. The first-order valence-corrected chi connectivity index (χ1v) is 6.41. The first-order valence-electron chi connectivity index (χ1n) is 6.41. The highest BCUT2D eigenvalue weighted by Gasteiger charge is 2.19. The third kappa shape index (κ3) is 4.44. The molecule has 0 aromatic heterocycles. The van der Waals surface area contributed by atoms with Gasteiger partial charge in [0.25, 0.3) is 11.6 Å². The molecule has 0 bridgehead atoms. The monoisotopic (exact) mass is 295 g/mol. The van der Waals surface area contributed by atoms with Crippen LogP contribution in [0.2, 0.25) is 0 Å². The van der Waals surface area contributed by atoms with Crippen molar-refractivity contribution < 1.29 is 19.6 Å². The van der Waals surface area contributed by atoms with Crippen LogP contribution in [0.1, 0.15) is 30.1 Å². The van der Waals surface area contributed by atoms with E-state index in [0.29, 0.717) is 12.8 Å². The number of anilines is 1. The predicted octanol–water partition coefficient (Wildman–Crippen LogP) is 1.61. The summed E-state index contributed by atoms with van der Waals surface area (Å²) in [5.41, 5.74) is 5.19. The van der Waals surface area contributed by atoms with Crippen LogP contribution >= 0.6 is 0 Å². The highest BCUT2D eigenvalue weighted by atomic mass is 16.6. The van der Waals surface area contributed by atoms with Crippen LogP contribution in [0.25, 0.3) is 0 Å². The van der Waals surface area contributed by atoms with Crippen LogP contribution in [0.4, 0.5) is 11.4 Å². The summed E-state index contributed by atoms with van der Waals surface area (Å²) in [4.78, 5) is 32.4. The van der Waals surface area contributed by atoms with Crippen molar-refractivity contribution in [1.29, 1.82) is 0 Å². The summed E-state index contributed by atoms with van der Waals surface area (Å²) in [5, 5.41) is 22.6. The number of rotatable bonds is 8. The van der Waals surface area contributed by atoms with Gasteiger partial charge >= 0.3 is 5.97 Å². The van der Waals surface area contributed by atoms with Gasteiger partial charge in [-0.3, -0.25) is 19.7 Å². The number of hydrogen-bond acceptors (Lipinski definition) is 5. The molecule has 4 N–H and O–H groups in total. The Labute approximate surface area is 121 Å². The van der Waals surface area contributed by atoms with Crippen LogP contribution in [0, 0.1) is 16.0 Å². The van der Waals surface area contributed by atoms with E-state index >= 15 is 0 Å². The minimum Gasteiger partial charge on any atom is -0.481 e. The molecule has 1 unspecified atom stereocenters. The molecule has 1 atom stereocenters. The zero-order chi connectivity index (χ0) is 16.0. The van der Waals surface area contributed by atoms with Crippen LogP contribution in [0.3, 0.4) is 0 Å². The number of primary amides is 1. The molecule has 21 heavy (non-hydrogen) atoms. The van der Waals surface area contributed by atoms with Crippen LogP contribution in [-0.2, 0) is 4.79 Å². The van der Waals surface area contributed by atoms with Crippen molar-refractivity contribution in [2.45, 2.75) is 19.8 Å². The summed E-state index contributed by atoms with van der Waals surface area (Å²) in [6.07, 6.45) is 1.20. The molecule has 0 radical (unpaired) electrons. The summed E-state index contributed by atoms with van der Waals surface area (Å²) in [7, 11) is 0. The Balaban J connectivity index is 2.94. The van der Waals surface area contributed by atoms with Gasteiger partial charge in [-0.1, -0.05) is 13.3 Å². The molecule has 0 fully saturated rings. The molecule has 0 heterocycles. The van der Waals surface area contributed by atoms with E-state index in [0.717, 1.165) is 6.07 Å². The summed E-state index contributed by atoms with van der Waals surface area (Å²) in [6.45, 7) is 1.98. The first kappa shape index (κ1) is 16.4. The molecule has 0 aliphatic carbocycles.